The molecule has 2 amide bonds. The third-order valence-corrected chi connectivity index (χ3v) is 7.02. The van der Waals surface area contributed by atoms with E-state index in [4.69, 9.17) is 9.47 Å². The van der Waals surface area contributed by atoms with Crippen LogP contribution in [0.4, 0.5) is 18.9 Å². The van der Waals surface area contributed by atoms with E-state index in [0.29, 0.717) is 34.1 Å². The Morgan fingerprint density at radius 3 is 2.45 bits per heavy atom. The first-order chi connectivity index (χ1) is 19.2. The summed E-state index contributed by atoms with van der Waals surface area (Å²) in [6.45, 7) is 0.114. The fraction of sp³-hybridized carbons (Fsp3) is 0.207. The van der Waals surface area contributed by atoms with E-state index >= 15 is 0 Å². The summed E-state index contributed by atoms with van der Waals surface area (Å²) in [4.78, 5) is 29.1. The Balaban J connectivity index is 1.32. The molecule has 0 fully saturated rings. The maximum Gasteiger partial charge on any atom is 0.435 e. The molecule has 2 aliphatic heterocycles. The number of carbonyl (C=O) groups is 2. The Kier molecular flexibility index (Phi) is 6.21. The standard InChI is InChI=1S/C29H23F3N4O4/c1-34(20-10-11-24-25(15-20)40-17-39-24)27(37)19-8-5-9-21(14-19)36-23-12-13-35(28(38)18-6-3-2-4-7-18)16-22(23)26(33-36)29(30,31)32/h2-11,14-15H,12-13,16-17H2,1H3. The summed E-state index contributed by atoms with van der Waals surface area (Å²) in [7, 11) is 1.60. The van der Waals surface area contributed by atoms with E-state index in [-0.39, 0.29) is 49.2 Å². The number of benzene rings is 3. The van der Waals surface area contributed by atoms with Crippen molar-refractivity contribution in [3.8, 4) is 17.2 Å². The van der Waals surface area contributed by atoms with Crippen LogP contribution in [0.15, 0.2) is 72.8 Å². The Morgan fingerprint density at radius 1 is 0.925 bits per heavy atom. The van der Waals surface area contributed by atoms with Crippen LogP contribution in [0.25, 0.3) is 5.69 Å². The van der Waals surface area contributed by atoms with E-state index in [1.807, 2.05) is 0 Å². The van der Waals surface area contributed by atoms with Crippen molar-refractivity contribution >= 4 is 17.5 Å². The van der Waals surface area contributed by atoms with E-state index in [0.717, 1.165) is 0 Å². The van der Waals surface area contributed by atoms with Gasteiger partial charge in [0.15, 0.2) is 17.2 Å². The zero-order valence-corrected chi connectivity index (χ0v) is 21.3. The van der Waals surface area contributed by atoms with Crippen LogP contribution < -0.4 is 14.4 Å². The predicted molar refractivity (Wildman–Crippen MR) is 139 cm³/mol. The van der Waals surface area contributed by atoms with Crippen molar-refractivity contribution < 1.29 is 32.2 Å². The number of carbonyl (C=O) groups excluding carboxylic acids is 2. The van der Waals surface area contributed by atoms with Crippen molar-refractivity contribution in [3.63, 3.8) is 0 Å². The number of ether oxygens (including phenoxy) is 2. The van der Waals surface area contributed by atoms with Gasteiger partial charge in [-0.25, -0.2) is 4.68 Å². The van der Waals surface area contributed by atoms with Gasteiger partial charge in [0, 0.05) is 55.0 Å². The number of nitrogens with zero attached hydrogens (tertiary/aromatic N) is 4. The third-order valence-electron chi connectivity index (χ3n) is 7.02. The Morgan fingerprint density at radius 2 is 1.68 bits per heavy atom. The lowest BCUT2D eigenvalue weighted by molar-refractivity contribution is -0.142. The lowest BCUT2D eigenvalue weighted by Gasteiger charge is -2.28. The van der Waals surface area contributed by atoms with Gasteiger partial charge in [0.2, 0.25) is 6.79 Å². The van der Waals surface area contributed by atoms with E-state index in [1.165, 1.54) is 20.5 Å². The number of aromatic nitrogens is 2. The van der Waals surface area contributed by atoms with Gasteiger partial charge < -0.3 is 19.3 Å². The zero-order valence-electron chi connectivity index (χ0n) is 21.3. The molecule has 0 N–H and O–H groups in total. The van der Waals surface area contributed by atoms with Gasteiger partial charge in [-0.1, -0.05) is 24.3 Å². The van der Waals surface area contributed by atoms with Crippen LogP contribution in [0.2, 0.25) is 0 Å². The molecular weight excluding hydrogens is 525 g/mol. The van der Waals surface area contributed by atoms with Crippen LogP contribution in [0, 0.1) is 0 Å². The smallest absolute Gasteiger partial charge is 0.435 e. The summed E-state index contributed by atoms with van der Waals surface area (Å²) in [6.07, 6.45) is -4.55. The maximum atomic E-state index is 14.1. The van der Waals surface area contributed by atoms with Crippen LogP contribution in [0.5, 0.6) is 11.5 Å². The predicted octanol–water partition coefficient (Wildman–Crippen LogP) is 5.09. The molecule has 0 spiro atoms. The van der Waals surface area contributed by atoms with Crippen molar-refractivity contribution in [3.05, 3.63) is 101 Å². The van der Waals surface area contributed by atoms with E-state index < -0.39 is 11.9 Å². The molecule has 0 saturated carbocycles. The molecule has 1 aromatic heterocycles. The molecule has 0 saturated heterocycles. The number of fused-ring (bicyclic) bond motifs is 2. The molecule has 0 radical (unpaired) electrons. The van der Waals surface area contributed by atoms with Crippen molar-refractivity contribution in [1.82, 2.24) is 14.7 Å². The molecule has 0 atom stereocenters. The Hall–Kier alpha value is -4.80. The first-order valence-corrected chi connectivity index (χ1v) is 12.5. The molecule has 0 unspecified atom stereocenters. The second-order valence-corrected chi connectivity index (χ2v) is 9.48. The Bertz CT molecular complexity index is 1620. The van der Waals surface area contributed by atoms with Crippen molar-refractivity contribution in [2.75, 3.05) is 25.3 Å². The molecule has 4 aromatic rings. The van der Waals surface area contributed by atoms with Gasteiger partial charge in [-0.05, 0) is 42.5 Å². The van der Waals surface area contributed by atoms with Crippen LogP contribution in [-0.2, 0) is 19.1 Å². The van der Waals surface area contributed by atoms with Crippen LogP contribution in [0.3, 0.4) is 0 Å². The van der Waals surface area contributed by atoms with Crippen molar-refractivity contribution in [2.24, 2.45) is 0 Å². The van der Waals surface area contributed by atoms with Gasteiger partial charge >= 0.3 is 6.18 Å². The third kappa shape index (κ3) is 4.53. The number of alkyl halides is 3. The average molecular weight is 549 g/mol. The number of hydrogen-bond donors (Lipinski definition) is 0. The highest BCUT2D eigenvalue weighted by molar-refractivity contribution is 6.06. The molecule has 0 aliphatic carbocycles. The number of hydrogen-bond acceptors (Lipinski definition) is 5. The summed E-state index contributed by atoms with van der Waals surface area (Å²) in [6, 6.07) is 19.9. The summed E-state index contributed by atoms with van der Waals surface area (Å²) in [5.74, 6) is 0.400. The van der Waals surface area contributed by atoms with Gasteiger partial charge in [0.25, 0.3) is 11.8 Å². The highest BCUT2D eigenvalue weighted by Crippen LogP contribution is 2.37. The molecule has 11 heteroatoms. The largest absolute Gasteiger partial charge is 0.454 e. The highest BCUT2D eigenvalue weighted by Gasteiger charge is 2.41. The normalized spacial score (nSPS) is 14.2. The summed E-state index contributed by atoms with van der Waals surface area (Å²) in [5, 5.41) is 3.94. The first-order valence-electron chi connectivity index (χ1n) is 12.5. The van der Waals surface area contributed by atoms with Crippen LogP contribution >= 0.6 is 0 Å². The van der Waals surface area contributed by atoms with Crippen LogP contribution in [-0.4, -0.2) is 46.9 Å². The fourth-order valence-corrected chi connectivity index (χ4v) is 4.97. The highest BCUT2D eigenvalue weighted by atomic mass is 19.4. The molecule has 8 nitrogen and oxygen atoms in total. The maximum absolute atomic E-state index is 14.1. The summed E-state index contributed by atoms with van der Waals surface area (Å²) >= 11 is 0. The summed E-state index contributed by atoms with van der Waals surface area (Å²) in [5.41, 5.74) is 0.840. The van der Waals surface area contributed by atoms with Gasteiger partial charge in [-0.3, -0.25) is 9.59 Å². The second-order valence-electron chi connectivity index (χ2n) is 9.48. The van der Waals surface area contributed by atoms with Gasteiger partial charge in [0.1, 0.15) is 0 Å². The van der Waals surface area contributed by atoms with Gasteiger partial charge in [-0.2, -0.15) is 18.3 Å². The van der Waals surface area contributed by atoms with Crippen LogP contribution in [0.1, 0.15) is 37.7 Å². The zero-order chi connectivity index (χ0) is 28.0. The lowest BCUT2D eigenvalue weighted by Crippen LogP contribution is -2.36. The number of rotatable bonds is 4. The second kappa shape index (κ2) is 9.74. The van der Waals surface area contributed by atoms with E-state index in [9.17, 15) is 22.8 Å². The van der Waals surface area contributed by atoms with E-state index in [1.54, 1.807) is 73.8 Å². The molecule has 3 heterocycles. The first kappa shape index (κ1) is 25.5. The summed E-state index contributed by atoms with van der Waals surface area (Å²) < 4.78 is 54.2. The number of anilines is 1. The molecular formula is C29H23F3N4O4. The molecule has 40 heavy (non-hydrogen) atoms. The minimum atomic E-state index is -4.72. The monoisotopic (exact) mass is 548 g/mol. The lowest BCUT2D eigenvalue weighted by atomic mass is 10.0. The van der Waals surface area contributed by atoms with Crippen molar-refractivity contribution in [2.45, 2.75) is 19.1 Å². The van der Waals surface area contributed by atoms with Crippen molar-refractivity contribution in [1.29, 1.82) is 0 Å². The molecule has 0 bridgehead atoms. The minimum Gasteiger partial charge on any atom is -0.454 e. The Labute approximate surface area is 227 Å². The minimum absolute atomic E-state index is 0.0442. The topological polar surface area (TPSA) is 76.9 Å². The van der Waals surface area contributed by atoms with E-state index in [2.05, 4.69) is 5.10 Å². The molecule has 6 rings (SSSR count). The fourth-order valence-electron chi connectivity index (χ4n) is 4.97. The molecule has 2 aliphatic rings. The quantitative estimate of drug-likeness (QED) is 0.355. The number of halogens is 3. The van der Waals surface area contributed by atoms with Gasteiger partial charge in [0.05, 0.1) is 11.4 Å². The molecule has 204 valence electrons. The molecule has 3 aromatic carbocycles. The average Bonchev–Trinajstić information content (AvgIpc) is 3.60. The number of amides is 2. The SMILES string of the molecule is CN(C(=O)c1cccc(-n2nc(C(F)(F)F)c3c2CCN(C(=O)c2ccccc2)C3)c1)c1ccc2c(c1)OCO2. The van der Waals surface area contributed by atoms with Gasteiger partial charge in [-0.15, -0.1) is 0 Å².